The smallest absolute Gasteiger partial charge is 0.196 e. The van der Waals surface area contributed by atoms with E-state index in [1.807, 2.05) is 42.2 Å². The molecule has 0 bridgehead atoms. The summed E-state index contributed by atoms with van der Waals surface area (Å²) in [6.07, 6.45) is 0. The Morgan fingerprint density at radius 3 is 2.62 bits per heavy atom. The lowest BCUT2D eigenvalue weighted by molar-refractivity contribution is 0.612. The number of halogens is 1. The van der Waals surface area contributed by atoms with Crippen LogP contribution in [-0.4, -0.2) is 12.5 Å². The molecule has 1 unspecified atom stereocenters. The quantitative estimate of drug-likeness (QED) is 0.918. The van der Waals surface area contributed by atoms with Gasteiger partial charge in [-0.2, -0.15) is 0 Å². The van der Waals surface area contributed by atoms with Gasteiger partial charge in [-0.05, 0) is 42.7 Å². The third-order valence-corrected chi connectivity index (χ3v) is 3.94. The summed E-state index contributed by atoms with van der Waals surface area (Å²) in [5, 5.41) is 0. The molecule has 0 aliphatic carbocycles. The SMILES string of the molecule is Cc1ccc(C2CN=C(N)N2c2ccccc2C)cc1F. The van der Waals surface area contributed by atoms with E-state index in [1.165, 1.54) is 0 Å². The minimum absolute atomic E-state index is 0.0544. The van der Waals surface area contributed by atoms with E-state index in [0.717, 1.165) is 16.8 Å². The van der Waals surface area contributed by atoms with Gasteiger partial charge in [0.05, 0.1) is 12.6 Å². The number of aryl methyl sites for hydroxylation is 2. The van der Waals surface area contributed by atoms with Crippen LogP contribution < -0.4 is 10.6 Å². The zero-order chi connectivity index (χ0) is 15.0. The first kappa shape index (κ1) is 13.6. The molecule has 0 saturated heterocycles. The highest BCUT2D eigenvalue weighted by Crippen LogP contribution is 2.33. The Balaban J connectivity index is 2.03. The molecule has 0 spiro atoms. The second kappa shape index (κ2) is 5.20. The number of hydrogen-bond acceptors (Lipinski definition) is 3. The fraction of sp³-hybridized carbons (Fsp3) is 0.235. The second-order valence-electron chi connectivity index (χ2n) is 5.38. The van der Waals surface area contributed by atoms with Crippen molar-refractivity contribution in [3.05, 3.63) is 65.0 Å². The van der Waals surface area contributed by atoms with Crippen molar-refractivity contribution in [1.29, 1.82) is 0 Å². The van der Waals surface area contributed by atoms with E-state index in [-0.39, 0.29) is 11.9 Å². The van der Waals surface area contributed by atoms with Gasteiger partial charge in [0.2, 0.25) is 0 Å². The van der Waals surface area contributed by atoms with Crippen molar-refractivity contribution >= 4 is 11.6 Å². The molecule has 108 valence electrons. The van der Waals surface area contributed by atoms with Gasteiger partial charge in [0.1, 0.15) is 5.82 Å². The van der Waals surface area contributed by atoms with Gasteiger partial charge in [-0.25, -0.2) is 4.39 Å². The third-order valence-electron chi connectivity index (χ3n) is 3.94. The minimum Gasteiger partial charge on any atom is -0.369 e. The van der Waals surface area contributed by atoms with Crippen LogP contribution in [-0.2, 0) is 0 Å². The Hall–Kier alpha value is -2.36. The van der Waals surface area contributed by atoms with E-state index < -0.39 is 0 Å². The predicted octanol–water partition coefficient (Wildman–Crippen LogP) is 3.32. The summed E-state index contributed by atoms with van der Waals surface area (Å²) in [6, 6.07) is 13.3. The van der Waals surface area contributed by atoms with Crippen molar-refractivity contribution in [2.24, 2.45) is 10.7 Å². The van der Waals surface area contributed by atoms with E-state index in [0.29, 0.717) is 18.1 Å². The standard InChI is InChI=1S/C17H18FN3/c1-11-7-8-13(9-14(11)18)16-10-20-17(19)21(16)15-6-4-3-5-12(15)2/h3-9,16H,10H2,1-2H3,(H2,19,20). The van der Waals surface area contributed by atoms with Crippen molar-refractivity contribution in [3.63, 3.8) is 0 Å². The number of anilines is 1. The van der Waals surface area contributed by atoms with Gasteiger partial charge >= 0.3 is 0 Å². The normalized spacial score (nSPS) is 18.0. The molecule has 1 aliphatic rings. The second-order valence-corrected chi connectivity index (χ2v) is 5.38. The fourth-order valence-electron chi connectivity index (χ4n) is 2.69. The Labute approximate surface area is 123 Å². The van der Waals surface area contributed by atoms with Gasteiger partial charge in [-0.3, -0.25) is 4.99 Å². The van der Waals surface area contributed by atoms with Crippen LogP contribution in [0.15, 0.2) is 47.5 Å². The highest BCUT2D eigenvalue weighted by atomic mass is 19.1. The highest BCUT2D eigenvalue weighted by molar-refractivity contribution is 5.98. The first-order valence-electron chi connectivity index (χ1n) is 6.99. The molecule has 2 aromatic rings. The van der Waals surface area contributed by atoms with Crippen LogP contribution in [0.3, 0.4) is 0 Å². The van der Waals surface area contributed by atoms with Crippen molar-refractivity contribution in [1.82, 2.24) is 0 Å². The number of guanidine groups is 1. The number of hydrogen-bond donors (Lipinski definition) is 1. The molecule has 1 aliphatic heterocycles. The summed E-state index contributed by atoms with van der Waals surface area (Å²) >= 11 is 0. The molecule has 0 saturated carbocycles. The van der Waals surface area contributed by atoms with Crippen LogP contribution >= 0.6 is 0 Å². The maximum atomic E-state index is 13.9. The molecule has 0 aromatic heterocycles. The summed E-state index contributed by atoms with van der Waals surface area (Å²) in [4.78, 5) is 6.33. The molecule has 4 heteroatoms. The van der Waals surface area contributed by atoms with Crippen molar-refractivity contribution in [2.45, 2.75) is 19.9 Å². The number of para-hydroxylation sites is 1. The lowest BCUT2D eigenvalue weighted by Gasteiger charge is -2.28. The van der Waals surface area contributed by atoms with E-state index in [4.69, 9.17) is 5.73 Å². The van der Waals surface area contributed by atoms with E-state index in [2.05, 4.69) is 4.99 Å². The van der Waals surface area contributed by atoms with Crippen LogP contribution in [0.1, 0.15) is 22.7 Å². The Morgan fingerprint density at radius 1 is 1.14 bits per heavy atom. The van der Waals surface area contributed by atoms with Crippen LogP contribution in [0.25, 0.3) is 0 Å². The van der Waals surface area contributed by atoms with Crippen molar-refractivity contribution in [3.8, 4) is 0 Å². The molecule has 0 fully saturated rings. The summed E-state index contributed by atoms with van der Waals surface area (Å²) in [5.74, 6) is 0.290. The van der Waals surface area contributed by atoms with Gasteiger partial charge in [-0.15, -0.1) is 0 Å². The summed E-state index contributed by atoms with van der Waals surface area (Å²) < 4.78 is 13.9. The molecule has 1 atom stereocenters. The number of nitrogens with two attached hydrogens (primary N) is 1. The van der Waals surface area contributed by atoms with Gasteiger partial charge in [0, 0.05) is 5.69 Å². The van der Waals surface area contributed by atoms with Gasteiger partial charge in [0.25, 0.3) is 0 Å². The van der Waals surface area contributed by atoms with Crippen LogP contribution in [0, 0.1) is 19.7 Å². The molecule has 3 nitrogen and oxygen atoms in total. The van der Waals surface area contributed by atoms with E-state index in [9.17, 15) is 4.39 Å². The number of benzene rings is 2. The Kier molecular flexibility index (Phi) is 3.37. The molecular formula is C17H18FN3. The topological polar surface area (TPSA) is 41.6 Å². The first-order chi connectivity index (χ1) is 10.1. The largest absolute Gasteiger partial charge is 0.369 e. The number of rotatable bonds is 2. The molecule has 21 heavy (non-hydrogen) atoms. The maximum Gasteiger partial charge on any atom is 0.196 e. The lowest BCUT2D eigenvalue weighted by Crippen LogP contribution is -2.36. The molecule has 3 rings (SSSR count). The van der Waals surface area contributed by atoms with Crippen LogP contribution in [0.5, 0.6) is 0 Å². The zero-order valence-electron chi connectivity index (χ0n) is 12.2. The number of nitrogens with zero attached hydrogens (tertiary/aromatic N) is 2. The monoisotopic (exact) mass is 283 g/mol. The van der Waals surface area contributed by atoms with Gasteiger partial charge < -0.3 is 10.6 Å². The maximum absolute atomic E-state index is 13.9. The van der Waals surface area contributed by atoms with E-state index in [1.54, 1.807) is 19.1 Å². The van der Waals surface area contributed by atoms with Crippen molar-refractivity contribution in [2.75, 3.05) is 11.4 Å². The van der Waals surface area contributed by atoms with Crippen LogP contribution in [0.4, 0.5) is 10.1 Å². The first-order valence-corrected chi connectivity index (χ1v) is 6.99. The Bertz CT molecular complexity index is 709. The molecule has 0 radical (unpaired) electrons. The van der Waals surface area contributed by atoms with Crippen LogP contribution in [0.2, 0.25) is 0 Å². The summed E-state index contributed by atoms with van der Waals surface area (Å²) in [5.41, 5.74) is 9.73. The average molecular weight is 283 g/mol. The molecular weight excluding hydrogens is 265 g/mol. The molecule has 2 N–H and O–H groups in total. The summed E-state index contributed by atoms with van der Waals surface area (Å²) in [7, 11) is 0. The van der Waals surface area contributed by atoms with E-state index >= 15 is 0 Å². The zero-order valence-corrected chi connectivity index (χ0v) is 12.2. The van der Waals surface area contributed by atoms with Gasteiger partial charge in [-0.1, -0.05) is 30.3 Å². The molecule has 0 amide bonds. The average Bonchev–Trinajstić information content (AvgIpc) is 2.84. The fourth-order valence-corrected chi connectivity index (χ4v) is 2.69. The minimum atomic E-state index is -0.192. The van der Waals surface area contributed by atoms with Gasteiger partial charge in [0.15, 0.2) is 5.96 Å². The number of aliphatic imine (C=N–C) groups is 1. The highest BCUT2D eigenvalue weighted by Gasteiger charge is 2.29. The van der Waals surface area contributed by atoms with Crippen molar-refractivity contribution < 1.29 is 4.39 Å². The third kappa shape index (κ3) is 2.37. The Morgan fingerprint density at radius 2 is 1.90 bits per heavy atom. The molecule has 1 heterocycles. The predicted molar refractivity (Wildman–Crippen MR) is 84.0 cm³/mol. The molecule has 2 aromatic carbocycles. The summed E-state index contributed by atoms with van der Waals surface area (Å²) in [6.45, 7) is 4.34. The lowest BCUT2D eigenvalue weighted by atomic mass is 10.0.